The van der Waals surface area contributed by atoms with Gasteiger partial charge in [-0.15, -0.1) is 11.3 Å². The molecule has 138 valence electrons. The first kappa shape index (κ1) is 19.8. The number of nitrogens with zero attached hydrogens (tertiary/aromatic N) is 3. The van der Waals surface area contributed by atoms with Crippen molar-refractivity contribution in [3.63, 3.8) is 0 Å². The van der Waals surface area contributed by atoms with E-state index in [1.165, 1.54) is 35.5 Å². The number of methoxy groups -OCH3 is 1. The summed E-state index contributed by atoms with van der Waals surface area (Å²) in [5.74, 6) is -0.921. The second kappa shape index (κ2) is 8.72. The lowest BCUT2D eigenvalue weighted by atomic mass is 10.1. The second-order valence-electron chi connectivity index (χ2n) is 5.27. The van der Waals surface area contributed by atoms with Crippen LogP contribution >= 0.6 is 22.9 Å². The highest BCUT2D eigenvalue weighted by molar-refractivity contribution is 7.09. The van der Waals surface area contributed by atoms with E-state index < -0.39 is 10.9 Å². The highest BCUT2D eigenvalue weighted by Crippen LogP contribution is 2.26. The Morgan fingerprint density at radius 1 is 1.42 bits per heavy atom. The number of nitro groups is 1. The molecule has 8 nitrogen and oxygen atoms in total. The maximum Gasteiger partial charge on any atom is 0.357 e. The first-order chi connectivity index (χ1) is 12.4. The van der Waals surface area contributed by atoms with E-state index in [1.807, 2.05) is 6.92 Å². The van der Waals surface area contributed by atoms with Crippen molar-refractivity contribution in [3.05, 3.63) is 55.0 Å². The van der Waals surface area contributed by atoms with E-state index in [1.54, 1.807) is 5.38 Å². The number of aromatic nitrogens is 1. The molecule has 2 aromatic rings. The van der Waals surface area contributed by atoms with Crippen LogP contribution in [0.25, 0.3) is 0 Å². The van der Waals surface area contributed by atoms with Crippen LogP contribution in [0.4, 0.5) is 5.69 Å². The zero-order valence-corrected chi connectivity index (χ0v) is 15.7. The zero-order chi connectivity index (χ0) is 19.3. The largest absolute Gasteiger partial charge is 0.464 e. The number of carbonyl (C=O) groups is 2. The minimum atomic E-state index is -0.632. The number of esters is 1. The maximum atomic E-state index is 12.8. The van der Waals surface area contributed by atoms with E-state index in [-0.39, 0.29) is 34.4 Å². The lowest BCUT2D eigenvalue weighted by Gasteiger charge is -2.21. The number of hydrogen-bond donors (Lipinski definition) is 0. The molecule has 0 unspecified atom stereocenters. The van der Waals surface area contributed by atoms with Crippen molar-refractivity contribution >= 4 is 40.5 Å². The number of carbonyl (C=O) groups excluding carboxylic acids is 2. The molecule has 0 atom stereocenters. The number of nitro benzene ring substituents is 1. The number of amides is 1. The summed E-state index contributed by atoms with van der Waals surface area (Å²) in [6.45, 7) is 2.53. The van der Waals surface area contributed by atoms with Gasteiger partial charge in [0, 0.05) is 23.6 Å². The molecule has 2 rings (SSSR count). The summed E-state index contributed by atoms with van der Waals surface area (Å²) in [4.78, 5) is 40.3. The number of benzene rings is 1. The Balaban J connectivity index is 2.25. The molecular formula is C16H16ClN3O5S. The van der Waals surface area contributed by atoms with Crippen molar-refractivity contribution in [1.82, 2.24) is 9.88 Å². The molecule has 26 heavy (non-hydrogen) atoms. The molecule has 0 saturated carbocycles. The van der Waals surface area contributed by atoms with Gasteiger partial charge in [0.05, 0.1) is 18.6 Å². The van der Waals surface area contributed by atoms with Crippen molar-refractivity contribution in [2.45, 2.75) is 19.9 Å². The molecule has 0 radical (unpaired) electrons. The third kappa shape index (κ3) is 4.55. The van der Waals surface area contributed by atoms with Crippen LogP contribution in [0, 0.1) is 10.1 Å². The Morgan fingerprint density at radius 3 is 2.77 bits per heavy atom. The van der Waals surface area contributed by atoms with Gasteiger partial charge in [0.25, 0.3) is 11.6 Å². The van der Waals surface area contributed by atoms with Crippen molar-refractivity contribution in [2.24, 2.45) is 0 Å². The molecule has 0 bridgehead atoms. The van der Waals surface area contributed by atoms with Crippen LogP contribution in [0.2, 0.25) is 5.02 Å². The van der Waals surface area contributed by atoms with Gasteiger partial charge in [-0.2, -0.15) is 0 Å². The lowest BCUT2D eigenvalue weighted by Crippen LogP contribution is -2.31. The molecule has 0 aliphatic rings. The molecule has 1 heterocycles. The van der Waals surface area contributed by atoms with Crippen LogP contribution in [0.15, 0.2) is 23.6 Å². The monoisotopic (exact) mass is 397 g/mol. The Morgan fingerprint density at radius 2 is 2.15 bits per heavy atom. The van der Waals surface area contributed by atoms with Crippen LogP contribution in [0.3, 0.4) is 0 Å². The van der Waals surface area contributed by atoms with Gasteiger partial charge in [0.1, 0.15) is 10.0 Å². The summed E-state index contributed by atoms with van der Waals surface area (Å²) >= 11 is 7.03. The van der Waals surface area contributed by atoms with E-state index in [4.69, 9.17) is 11.6 Å². The van der Waals surface area contributed by atoms with Gasteiger partial charge in [-0.3, -0.25) is 14.9 Å². The third-order valence-electron chi connectivity index (χ3n) is 3.44. The highest BCUT2D eigenvalue weighted by atomic mass is 35.5. The molecule has 10 heteroatoms. The standard InChI is InChI=1S/C16H16ClN3O5S/c1-3-6-19(8-14-18-12(9-26-14)16(22)25-2)15(21)10-4-5-11(17)13(7-10)20(23)24/h4-5,7,9H,3,6,8H2,1-2H3. The van der Waals surface area contributed by atoms with Gasteiger partial charge >= 0.3 is 5.97 Å². The molecule has 0 aliphatic heterocycles. The van der Waals surface area contributed by atoms with Gasteiger partial charge in [-0.25, -0.2) is 9.78 Å². The number of halogens is 1. The number of rotatable bonds is 7. The molecule has 1 amide bonds. The molecule has 0 spiro atoms. The van der Waals surface area contributed by atoms with Crippen LogP contribution in [-0.2, 0) is 11.3 Å². The van der Waals surface area contributed by atoms with Crippen LogP contribution in [0.1, 0.15) is 39.2 Å². The Kier molecular flexibility index (Phi) is 6.64. The summed E-state index contributed by atoms with van der Waals surface area (Å²) < 4.78 is 4.61. The fourth-order valence-corrected chi connectivity index (χ4v) is 3.20. The summed E-state index contributed by atoms with van der Waals surface area (Å²) in [7, 11) is 1.27. The number of ether oxygens (including phenoxy) is 1. The average Bonchev–Trinajstić information content (AvgIpc) is 3.09. The number of thiazole rings is 1. The van der Waals surface area contributed by atoms with Crippen LogP contribution < -0.4 is 0 Å². The average molecular weight is 398 g/mol. The van der Waals surface area contributed by atoms with E-state index in [9.17, 15) is 19.7 Å². The van der Waals surface area contributed by atoms with Crippen molar-refractivity contribution in [1.29, 1.82) is 0 Å². The van der Waals surface area contributed by atoms with Gasteiger partial charge in [-0.1, -0.05) is 18.5 Å². The smallest absolute Gasteiger partial charge is 0.357 e. The first-order valence-electron chi connectivity index (χ1n) is 7.63. The topological polar surface area (TPSA) is 103 Å². The minimum absolute atomic E-state index is 0.0313. The second-order valence-corrected chi connectivity index (χ2v) is 6.62. The number of hydrogen-bond acceptors (Lipinski definition) is 7. The summed E-state index contributed by atoms with van der Waals surface area (Å²) in [6, 6.07) is 3.94. The highest BCUT2D eigenvalue weighted by Gasteiger charge is 2.22. The predicted molar refractivity (Wildman–Crippen MR) is 96.6 cm³/mol. The molecule has 0 fully saturated rings. The first-order valence-corrected chi connectivity index (χ1v) is 8.89. The molecule has 1 aromatic heterocycles. The maximum absolute atomic E-state index is 12.8. The molecular weight excluding hydrogens is 382 g/mol. The van der Waals surface area contributed by atoms with Gasteiger partial charge < -0.3 is 9.64 Å². The fourth-order valence-electron chi connectivity index (χ4n) is 2.24. The van der Waals surface area contributed by atoms with Crippen molar-refractivity contribution in [3.8, 4) is 0 Å². The quantitative estimate of drug-likeness (QED) is 0.402. The summed E-state index contributed by atoms with van der Waals surface area (Å²) in [5, 5.41) is 13.1. The normalized spacial score (nSPS) is 10.4. The molecule has 0 N–H and O–H groups in total. The van der Waals surface area contributed by atoms with Crippen molar-refractivity contribution in [2.75, 3.05) is 13.7 Å². The summed E-state index contributed by atoms with van der Waals surface area (Å²) in [6.07, 6.45) is 0.691. The van der Waals surface area contributed by atoms with E-state index >= 15 is 0 Å². The molecule has 1 aromatic carbocycles. The molecule has 0 saturated heterocycles. The van der Waals surface area contributed by atoms with Gasteiger partial charge in [0.2, 0.25) is 0 Å². The Labute approximate surface area is 158 Å². The zero-order valence-electron chi connectivity index (χ0n) is 14.1. The third-order valence-corrected chi connectivity index (χ3v) is 4.60. The minimum Gasteiger partial charge on any atom is -0.464 e. The Hall–Kier alpha value is -2.52. The van der Waals surface area contributed by atoms with Crippen molar-refractivity contribution < 1.29 is 19.2 Å². The van der Waals surface area contributed by atoms with Crippen LogP contribution in [-0.4, -0.2) is 40.3 Å². The SMILES string of the molecule is CCCN(Cc1nc(C(=O)OC)cs1)C(=O)c1ccc(Cl)c([N+](=O)[O-])c1. The fraction of sp³-hybridized carbons (Fsp3) is 0.312. The van der Waals surface area contributed by atoms with E-state index in [0.717, 1.165) is 6.07 Å². The van der Waals surface area contributed by atoms with E-state index in [0.29, 0.717) is 18.0 Å². The summed E-state index contributed by atoms with van der Waals surface area (Å²) in [5.41, 5.74) is 0.0222. The van der Waals surface area contributed by atoms with Gasteiger partial charge in [-0.05, 0) is 18.6 Å². The van der Waals surface area contributed by atoms with Crippen LogP contribution in [0.5, 0.6) is 0 Å². The Bertz CT molecular complexity index is 839. The molecule has 0 aliphatic carbocycles. The van der Waals surface area contributed by atoms with Gasteiger partial charge in [0.15, 0.2) is 5.69 Å². The predicted octanol–water partition coefficient (Wildman–Crippen LogP) is 3.54. The lowest BCUT2D eigenvalue weighted by molar-refractivity contribution is -0.384. The van der Waals surface area contributed by atoms with E-state index in [2.05, 4.69) is 9.72 Å².